The molecule has 0 bridgehead atoms. The molecule has 2 saturated carbocycles. The zero-order valence-corrected chi connectivity index (χ0v) is 18.5. The summed E-state index contributed by atoms with van der Waals surface area (Å²) in [6, 6.07) is 0. The summed E-state index contributed by atoms with van der Waals surface area (Å²) in [6.07, 6.45) is 1.50. The van der Waals surface area contributed by atoms with Gasteiger partial charge in [-0.2, -0.15) is 0 Å². The van der Waals surface area contributed by atoms with Crippen LogP contribution in [0.5, 0.6) is 0 Å². The highest BCUT2D eigenvalue weighted by Gasteiger charge is 2.60. The van der Waals surface area contributed by atoms with Crippen LogP contribution in [0.1, 0.15) is 59.3 Å². The molecule has 2 amide bonds. The van der Waals surface area contributed by atoms with Gasteiger partial charge in [0.25, 0.3) is 0 Å². The van der Waals surface area contributed by atoms with Crippen molar-refractivity contribution in [2.75, 3.05) is 26.2 Å². The van der Waals surface area contributed by atoms with Crippen molar-refractivity contribution < 1.29 is 29.6 Å². The number of alkyl carbamates (subject to hydrolysis) is 1. The second-order valence-corrected chi connectivity index (χ2v) is 9.92. The van der Waals surface area contributed by atoms with Gasteiger partial charge >= 0.3 is 6.09 Å². The third kappa shape index (κ3) is 4.18. The minimum absolute atomic E-state index is 0.0218. The number of carbonyl (C=O) groups is 2. The first-order valence-electron chi connectivity index (χ1n) is 11.3. The van der Waals surface area contributed by atoms with E-state index in [9.17, 15) is 24.9 Å². The molecule has 1 aliphatic heterocycles. The topological polar surface area (TPSA) is 119 Å². The highest BCUT2D eigenvalue weighted by Crippen LogP contribution is 2.61. The summed E-state index contributed by atoms with van der Waals surface area (Å²) < 4.78 is 5.69. The molecule has 4 N–H and O–H groups in total. The third-order valence-corrected chi connectivity index (χ3v) is 8.16. The van der Waals surface area contributed by atoms with E-state index in [1.165, 1.54) is 0 Å². The number of carbonyl (C=O) groups excluding carboxylic acids is 2. The maximum absolute atomic E-state index is 12.9. The Labute approximate surface area is 179 Å². The molecule has 0 radical (unpaired) electrons. The average Bonchev–Trinajstić information content (AvgIpc) is 3.14. The number of hydrogen-bond donors (Lipinski definition) is 4. The van der Waals surface area contributed by atoms with E-state index in [0.717, 1.165) is 12.8 Å². The van der Waals surface area contributed by atoms with Crippen molar-refractivity contribution in [1.82, 2.24) is 10.2 Å². The standard InChI is InChI=1S/C22H38N2O6/c1-4-23-20(29)30-18-7-9-21(2)15(11-19(28)24-10-8-14(26)12-24)16(27)5-6-17(21)22(18,3)13-25/h14-18,25-27H,4-13H2,1-3H3,(H,23,29)/t14-,15-,16-,17?,18-,21+,22+/m1/s1. The monoisotopic (exact) mass is 426 g/mol. The lowest BCUT2D eigenvalue weighted by atomic mass is 9.46. The maximum atomic E-state index is 12.9. The molecule has 0 aromatic rings. The highest BCUT2D eigenvalue weighted by molar-refractivity contribution is 5.77. The SMILES string of the molecule is CCNC(=O)O[C@@H]1CC[C@]2(C)C(CC[C@@H](O)[C@H]2CC(=O)N2CC[C@@H](O)C2)[C@]1(C)CO. The number of amides is 2. The molecule has 0 aromatic heterocycles. The molecule has 8 nitrogen and oxygen atoms in total. The molecule has 1 unspecified atom stereocenters. The van der Waals surface area contributed by atoms with E-state index in [-0.39, 0.29) is 36.2 Å². The van der Waals surface area contributed by atoms with Crippen LogP contribution in [-0.2, 0) is 9.53 Å². The summed E-state index contributed by atoms with van der Waals surface area (Å²) in [5.74, 6) is -0.227. The predicted molar refractivity (Wildman–Crippen MR) is 111 cm³/mol. The van der Waals surface area contributed by atoms with Gasteiger partial charge in [0.2, 0.25) is 5.91 Å². The van der Waals surface area contributed by atoms with E-state index in [4.69, 9.17) is 4.74 Å². The predicted octanol–water partition coefficient (Wildman–Crippen LogP) is 1.27. The van der Waals surface area contributed by atoms with E-state index in [1.54, 1.807) is 4.90 Å². The first-order valence-corrected chi connectivity index (χ1v) is 11.3. The summed E-state index contributed by atoms with van der Waals surface area (Å²) >= 11 is 0. The molecular formula is C22H38N2O6. The Morgan fingerprint density at radius 2 is 1.90 bits per heavy atom. The fraction of sp³-hybridized carbons (Fsp3) is 0.909. The van der Waals surface area contributed by atoms with Gasteiger partial charge in [-0.25, -0.2) is 4.79 Å². The van der Waals surface area contributed by atoms with Gasteiger partial charge in [-0.15, -0.1) is 0 Å². The first-order chi connectivity index (χ1) is 14.2. The molecular weight excluding hydrogens is 388 g/mol. The van der Waals surface area contributed by atoms with Gasteiger partial charge in [-0.3, -0.25) is 4.79 Å². The number of nitrogens with zero attached hydrogens (tertiary/aromatic N) is 1. The normalized spacial score (nSPS) is 41.3. The van der Waals surface area contributed by atoms with Crippen LogP contribution in [0.25, 0.3) is 0 Å². The Balaban J connectivity index is 1.80. The molecule has 1 heterocycles. The fourth-order valence-corrected chi connectivity index (χ4v) is 6.38. The molecule has 2 aliphatic carbocycles. The number of fused-ring (bicyclic) bond motifs is 1. The zero-order chi connectivity index (χ0) is 22.1. The molecule has 3 rings (SSSR count). The van der Waals surface area contributed by atoms with Crippen molar-refractivity contribution in [3.05, 3.63) is 0 Å². The van der Waals surface area contributed by atoms with Crippen LogP contribution in [0, 0.1) is 22.7 Å². The summed E-state index contributed by atoms with van der Waals surface area (Å²) in [5, 5.41) is 33.7. The molecule has 0 aromatic carbocycles. The fourth-order valence-electron chi connectivity index (χ4n) is 6.38. The second-order valence-electron chi connectivity index (χ2n) is 9.92. The Morgan fingerprint density at radius 3 is 2.50 bits per heavy atom. The van der Waals surface area contributed by atoms with Gasteiger partial charge in [0.05, 0.1) is 18.8 Å². The molecule has 0 spiro atoms. The zero-order valence-electron chi connectivity index (χ0n) is 18.5. The number of nitrogens with one attached hydrogen (secondary N) is 1. The summed E-state index contributed by atoms with van der Waals surface area (Å²) in [4.78, 5) is 26.7. The van der Waals surface area contributed by atoms with Crippen molar-refractivity contribution in [2.24, 2.45) is 22.7 Å². The van der Waals surface area contributed by atoms with Crippen molar-refractivity contribution in [2.45, 2.75) is 77.6 Å². The molecule has 30 heavy (non-hydrogen) atoms. The Morgan fingerprint density at radius 1 is 1.17 bits per heavy atom. The number of likely N-dealkylation sites (tertiary alicyclic amines) is 1. The Bertz CT molecular complexity index is 645. The van der Waals surface area contributed by atoms with Crippen LogP contribution in [-0.4, -0.2) is 76.8 Å². The van der Waals surface area contributed by atoms with Gasteiger partial charge in [0.1, 0.15) is 6.10 Å². The van der Waals surface area contributed by atoms with Crippen LogP contribution < -0.4 is 5.32 Å². The van der Waals surface area contributed by atoms with Crippen LogP contribution in [0.3, 0.4) is 0 Å². The van der Waals surface area contributed by atoms with Gasteiger partial charge < -0.3 is 30.3 Å². The van der Waals surface area contributed by atoms with Gasteiger partial charge in [0.15, 0.2) is 0 Å². The Kier molecular flexibility index (Phi) is 6.99. The van der Waals surface area contributed by atoms with E-state index in [2.05, 4.69) is 12.2 Å². The van der Waals surface area contributed by atoms with Gasteiger partial charge in [-0.05, 0) is 56.3 Å². The summed E-state index contributed by atoms with van der Waals surface area (Å²) in [7, 11) is 0. The number of aliphatic hydroxyl groups is 3. The first kappa shape index (κ1) is 23.3. The average molecular weight is 427 g/mol. The van der Waals surface area contributed by atoms with Gasteiger partial charge in [-0.1, -0.05) is 13.8 Å². The minimum atomic E-state index is -0.636. The summed E-state index contributed by atoms with van der Waals surface area (Å²) in [5.41, 5.74) is -0.979. The highest BCUT2D eigenvalue weighted by atomic mass is 16.6. The van der Waals surface area contributed by atoms with Crippen LogP contribution in [0.2, 0.25) is 0 Å². The molecule has 1 saturated heterocycles. The maximum Gasteiger partial charge on any atom is 0.407 e. The van der Waals surface area contributed by atoms with Crippen LogP contribution in [0.15, 0.2) is 0 Å². The number of aliphatic hydroxyl groups excluding tert-OH is 3. The molecule has 3 aliphatic rings. The molecule has 8 heteroatoms. The molecule has 172 valence electrons. The number of ether oxygens (including phenoxy) is 1. The van der Waals surface area contributed by atoms with E-state index in [0.29, 0.717) is 38.9 Å². The third-order valence-electron chi connectivity index (χ3n) is 8.16. The lowest BCUT2D eigenvalue weighted by molar-refractivity contribution is -0.187. The van der Waals surface area contributed by atoms with E-state index >= 15 is 0 Å². The van der Waals surface area contributed by atoms with Crippen molar-refractivity contribution >= 4 is 12.0 Å². The number of rotatable bonds is 5. The Hall–Kier alpha value is -1.38. The summed E-state index contributed by atoms with van der Waals surface area (Å²) in [6.45, 7) is 7.18. The van der Waals surface area contributed by atoms with Crippen molar-refractivity contribution in [3.8, 4) is 0 Å². The largest absolute Gasteiger partial charge is 0.446 e. The second kappa shape index (κ2) is 9.01. The molecule has 7 atom stereocenters. The van der Waals surface area contributed by atoms with E-state index in [1.807, 2.05) is 13.8 Å². The lowest BCUT2D eigenvalue weighted by Crippen LogP contribution is -2.61. The minimum Gasteiger partial charge on any atom is -0.446 e. The molecule has 3 fully saturated rings. The van der Waals surface area contributed by atoms with Crippen molar-refractivity contribution in [3.63, 3.8) is 0 Å². The van der Waals surface area contributed by atoms with Crippen LogP contribution >= 0.6 is 0 Å². The van der Waals surface area contributed by atoms with E-state index < -0.39 is 29.8 Å². The van der Waals surface area contributed by atoms with Crippen molar-refractivity contribution in [1.29, 1.82) is 0 Å². The number of β-amino-alcohol motifs (C(OH)–C–C–N with tert-alkyl or cyclic N) is 1. The van der Waals surface area contributed by atoms with Crippen LogP contribution in [0.4, 0.5) is 4.79 Å². The quantitative estimate of drug-likeness (QED) is 0.526. The van der Waals surface area contributed by atoms with Gasteiger partial charge in [0, 0.05) is 31.5 Å². The smallest absolute Gasteiger partial charge is 0.407 e. The lowest BCUT2D eigenvalue weighted by Gasteiger charge is -2.60. The number of hydrogen-bond acceptors (Lipinski definition) is 6.